The van der Waals surface area contributed by atoms with E-state index in [1.165, 1.54) is 0 Å². The number of rotatable bonds is 3. The second kappa shape index (κ2) is 5.68. The third-order valence-corrected chi connectivity index (χ3v) is 3.94. The van der Waals surface area contributed by atoms with Gasteiger partial charge in [0, 0.05) is 38.6 Å². The summed E-state index contributed by atoms with van der Waals surface area (Å²) in [6, 6.07) is 4.17. The molecule has 2 aromatic heterocycles. The fraction of sp³-hybridized carbons (Fsp3) is 0.500. The van der Waals surface area contributed by atoms with Crippen molar-refractivity contribution < 1.29 is 0 Å². The van der Waals surface area contributed by atoms with E-state index in [-0.39, 0.29) is 6.04 Å². The summed E-state index contributed by atoms with van der Waals surface area (Å²) in [5.74, 6) is 0.987. The molecule has 1 atom stereocenters. The van der Waals surface area contributed by atoms with Crippen molar-refractivity contribution in [3.05, 3.63) is 36.7 Å². The Bertz CT molecular complexity index is 544. The zero-order valence-corrected chi connectivity index (χ0v) is 12.0. The fourth-order valence-corrected chi connectivity index (χ4v) is 2.59. The van der Waals surface area contributed by atoms with Crippen LogP contribution in [0.15, 0.2) is 30.9 Å². The monoisotopic (exact) mass is 272 g/mol. The van der Waals surface area contributed by atoms with Crippen molar-refractivity contribution >= 4 is 0 Å². The number of piperazine rings is 1. The molecule has 3 heterocycles. The molecule has 0 radical (unpaired) electrons. The van der Waals surface area contributed by atoms with Crippen molar-refractivity contribution in [2.45, 2.75) is 13.0 Å². The summed E-state index contributed by atoms with van der Waals surface area (Å²) in [6.45, 7) is 6.55. The van der Waals surface area contributed by atoms with Crippen LogP contribution >= 0.6 is 0 Å². The minimum absolute atomic E-state index is 0.263. The largest absolute Gasteiger partial charge is 0.304 e. The van der Waals surface area contributed by atoms with Gasteiger partial charge in [0.25, 0.3) is 0 Å². The maximum atomic E-state index is 4.46. The van der Waals surface area contributed by atoms with Gasteiger partial charge in [-0.05, 0) is 26.1 Å². The van der Waals surface area contributed by atoms with Gasteiger partial charge in [-0.3, -0.25) is 9.88 Å². The Kier molecular flexibility index (Phi) is 3.75. The summed E-state index contributed by atoms with van der Waals surface area (Å²) < 4.78 is 1.91. The number of nitrogens with zero attached hydrogens (tertiary/aromatic N) is 6. The lowest BCUT2D eigenvalue weighted by Gasteiger charge is -2.35. The molecule has 1 fully saturated rings. The number of hydrogen-bond donors (Lipinski definition) is 0. The predicted molar refractivity (Wildman–Crippen MR) is 76.6 cm³/mol. The molecule has 6 heteroatoms. The second-order valence-corrected chi connectivity index (χ2v) is 5.25. The summed E-state index contributed by atoms with van der Waals surface area (Å²) in [5, 5.41) is 4.36. The Labute approximate surface area is 119 Å². The predicted octanol–water partition coefficient (Wildman–Crippen LogP) is 0.971. The SMILES string of the molecule is CC(c1ncnn1-c1ccncc1)N1CCN(C)CC1. The van der Waals surface area contributed by atoms with Gasteiger partial charge in [-0.25, -0.2) is 9.67 Å². The molecular formula is C14H20N6. The molecule has 0 aliphatic carbocycles. The highest BCUT2D eigenvalue weighted by molar-refractivity contribution is 5.28. The molecule has 20 heavy (non-hydrogen) atoms. The average Bonchev–Trinajstić information content (AvgIpc) is 2.97. The number of pyridine rings is 1. The van der Waals surface area contributed by atoms with Crippen LogP contribution < -0.4 is 0 Å². The second-order valence-electron chi connectivity index (χ2n) is 5.25. The Balaban J connectivity index is 1.82. The summed E-state index contributed by atoms with van der Waals surface area (Å²) in [6.07, 6.45) is 5.19. The molecule has 1 unspecified atom stereocenters. The maximum absolute atomic E-state index is 4.46. The van der Waals surface area contributed by atoms with Crippen molar-refractivity contribution in [2.24, 2.45) is 0 Å². The lowest BCUT2D eigenvalue weighted by atomic mass is 10.2. The maximum Gasteiger partial charge on any atom is 0.149 e. The van der Waals surface area contributed by atoms with Gasteiger partial charge in [0.15, 0.2) is 0 Å². The Morgan fingerprint density at radius 1 is 1.10 bits per heavy atom. The van der Waals surface area contributed by atoms with Gasteiger partial charge in [0.2, 0.25) is 0 Å². The van der Waals surface area contributed by atoms with Gasteiger partial charge in [0.05, 0.1) is 11.7 Å². The molecular weight excluding hydrogens is 252 g/mol. The van der Waals surface area contributed by atoms with Crippen molar-refractivity contribution in [3.63, 3.8) is 0 Å². The molecule has 0 bridgehead atoms. The van der Waals surface area contributed by atoms with Crippen molar-refractivity contribution in [2.75, 3.05) is 33.2 Å². The van der Waals surface area contributed by atoms with E-state index in [1.54, 1.807) is 18.7 Å². The smallest absolute Gasteiger partial charge is 0.149 e. The third kappa shape index (κ3) is 2.57. The van der Waals surface area contributed by atoms with Crippen LogP contribution in [-0.2, 0) is 0 Å². The van der Waals surface area contributed by atoms with Gasteiger partial charge in [-0.2, -0.15) is 5.10 Å². The van der Waals surface area contributed by atoms with E-state index in [4.69, 9.17) is 0 Å². The van der Waals surface area contributed by atoms with Crippen molar-refractivity contribution in [1.82, 2.24) is 29.5 Å². The lowest BCUT2D eigenvalue weighted by molar-refractivity contribution is 0.114. The average molecular weight is 272 g/mol. The molecule has 3 rings (SSSR count). The third-order valence-electron chi connectivity index (χ3n) is 3.94. The van der Waals surface area contributed by atoms with Crippen LogP contribution in [0.25, 0.3) is 5.69 Å². The van der Waals surface area contributed by atoms with Crippen LogP contribution in [0, 0.1) is 0 Å². The summed E-state index contributed by atoms with van der Waals surface area (Å²) in [4.78, 5) is 13.3. The first-order valence-corrected chi connectivity index (χ1v) is 6.98. The molecule has 0 spiro atoms. The zero-order valence-electron chi connectivity index (χ0n) is 12.0. The molecule has 1 aliphatic heterocycles. The van der Waals surface area contributed by atoms with Crippen LogP contribution in [0.4, 0.5) is 0 Å². The summed E-state index contributed by atoms with van der Waals surface area (Å²) in [7, 11) is 2.17. The molecule has 0 aromatic carbocycles. The first-order chi connectivity index (χ1) is 9.75. The summed E-state index contributed by atoms with van der Waals surface area (Å²) >= 11 is 0. The molecule has 6 nitrogen and oxygen atoms in total. The van der Waals surface area contributed by atoms with E-state index in [2.05, 4.69) is 38.8 Å². The minimum Gasteiger partial charge on any atom is -0.304 e. The normalized spacial score (nSPS) is 19.1. The standard InChI is InChI=1S/C14H20N6/c1-12(19-9-7-18(2)8-10-19)14-16-11-17-20(14)13-3-5-15-6-4-13/h3-6,11-12H,7-10H2,1-2H3. The highest BCUT2D eigenvalue weighted by Gasteiger charge is 2.24. The quantitative estimate of drug-likeness (QED) is 0.833. The van der Waals surface area contributed by atoms with Crippen molar-refractivity contribution in [1.29, 1.82) is 0 Å². The Morgan fingerprint density at radius 2 is 1.80 bits per heavy atom. The number of aromatic nitrogens is 4. The van der Waals surface area contributed by atoms with Crippen LogP contribution in [0.5, 0.6) is 0 Å². The first kappa shape index (κ1) is 13.2. The van der Waals surface area contributed by atoms with E-state index in [0.717, 1.165) is 37.7 Å². The molecule has 2 aromatic rings. The number of likely N-dealkylation sites (N-methyl/N-ethyl adjacent to an activating group) is 1. The molecule has 0 amide bonds. The topological polar surface area (TPSA) is 50.1 Å². The van der Waals surface area contributed by atoms with Gasteiger partial charge in [-0.15, -0.1) is 0 Å². The fourth-order valence-electron chi connectivity index (χ4n) is 2.59. The highest BCUT2D eigenvalue weighted by atomic mass is 15.4. The Morgan fingerprint density at radius 3 is 2.50 bits per heavy atom. The van der Waals surface area contributed by atoms with Crippen LogP contribution in [0.1, 0.15) is 18.8 Å². The van der Waals surface area contributed by atoms with Gasteiger partial charge in [-0.1, -0.05) is 0 Å². The highest BCUT2D eigenvalue weighted by Crippen LogP contribution is 2.21. The van der Waals surface area contributed by atoms with E-state index in [9.17, 15) is 0 Å². The lowest BCUT2D eigenvalue weighted by Crippen LogP contribution is -2.45. The zero-order chi connectivity index (χ0) is 13.9. The van der Waals surface area contributed by atoms with Crippen LogP contribution in [0.3, 0.4) is 0 Å². The minimum atomic E-state index is 0.263. The Hall–Kier alpha value is -1.79. The first-order valence-electron chi connectivity index (χ1n) is 6.98. The summed E-state index contributed by atoms with van der Waals surface area (Å²) in [5.41, 5.74) is 1.01. The van der Waals surface area contributed by atoms with Gasteiger partial charge >= 0.3 is 0 Å². The molecule has 1 saturated heterocycles. The molecule has 0 N–H and O–H groups in total. The molecule has 1 aliphatic rings. The van der Waals surface area contributed by atoms with Gasteiger partial charge in [0.1, 0.15) is 12.2 Å². The number of hydrogen-bond acceptors (Lipinski definition) is 5. The van der Waals surface area contributed by atoms with Crippen molar-refractivity contribution in [3.8, 4) is 5.69 Å². The van der Waals surface area contributed by atoms with E-state index in [0.29, 0.717) is 0 Å². The van der Waals surface area contributed by atoms with Crippen LogP contribution in [-0.4, -0.2) is 62.8 Å². The molecule has 106 valence electrons. The van der Waals surface area contributed by atoms with Gasteiger partial charge < -0.3 is 4.90 Å². The molecule has 0 saturated carbocycles. The van der Waals surface area contributed by atoms with E-state index < -0.39 is 0 Å². The van der Waals surface area contributed by atoms with E-state index >= 15 is 0 Å². The van der Waals surface area contributed by atoms with E-state index in [1.807, 2.05) is 16.8 Å². The van der Waals surface area contributed by atoms with Crippen LogP contribution in [0.2, 0.25) is 0 Å².